The highest BCUT2D eigenvalue weighted by Crippen LogP contribution is 2.08. The van der Waals surface area contributed by atoms with Gasteiger partial charge in [0.15, 0.2) is 0 Å². The molecule has 2 heterocycles. The lowest BCUT2D eigenvalue weighted by atomic mass is 10.2. The highest BCUT2D eigenvalue weighted by Gasteiger charge is 2.16. The van der Waals surface area contributed by atoms with Crippen LogP contribution in [0.3, 0.4) is 0 Å². The second-order valence-corrected chi connectivity index (χ2v) is 3.61. The Balaban J connectivity index is 2.34. The Bertz CT molecular complexity index is 498. The minimum atomic E-state index is -0.0362. The summed E-state index contributed by atoms with van der Waals surface area (Å²) in [5, 5.41) is 8.12. The van der Waals surface area contributed by atoms with Crippen molar-refractivity contribution < 1.29 is 4.79 Å². The highest BCUT2D eigenvalue weighted by molar-refractivity contribution is 6.06. The molecule has 84 valence electrons. The molecule has 5 nitrogen and oxygen atoms in total. The van der Waals surface area contributed by atoms with E-state index in [1.54, 1.807) is 40.9 Å². The van der Waals surface area contributed by atoms with Crippen LogP contribution in [0.2, 0.25) is 0 Å². The SMILES string of the molecule is CCCn1nccc1C(=O)c1ccnn1C. The smallest absolute Gasteiger partial charge is 0.228 e. The van der Waals surface area contributed by atoms with Gasteiger partial charge in [-0.15, -0.1) is 0 Å². The van der Waals surface area contributed by atoms with Crippen LogP contribution in [0.25, 0.3) is 0 Å². The lowest BCUT2D eigenvalue weighted by molar-refractivity contribution is 0.102. The zero-order chi connectivity index (χ0) is 11.5. The van der Waals surface area contributed by atoms with Gasteiger partial charge in [0.25, 0.3) is 0 Å². The van der Waals surface area contributed by atoms with E-state index in [4.69, 9.17) is 0 Å². The number of hydrogen-bond acceptors (Lipinski definition) is 3. The highest BCUT2D eigenvalue weighted by atomic mass is 16.1. The lowest BCUT2D eigenvalue weighted by Gasteiger charge is -2.05. The van der Waals surface area contributed by atoms with Crippen LogP contribution in [0.15, 0.2) is 24.5 Å². The Morgan fingerprint density at radius 2 is 1.94 bits per heavy atom. The molecule has 0 saturated carbocycles. The van der Waals surface area contributed by atoms with E-state index < -0.39 is 0 Å². The second kappa shape index (κ2) is 4.30. The monoisotopic (exact) mass is 218 g/mol. The van der Waals surface area contributed by atoms with Gasteiger partial charge in [0.1, 0.15) is 11.4 Å². The summed E-state index contributed by atoms with van der Waals surface area (Å²) in [6, 6.07) is 3.45. The van der Waals surface area contributed by atoms with Crippen molar-refractivity contribution in [3.05, 3.63) is 35.9 Å². The van der Waals surface area contributed by atoms with Gasteiger partial charge in [-0.2, -0.15) is 10.2 Å². The summed E-state index contributed by atoms with van der Waals surface area (Å²) in [5.74, 6) is -0.0362. The molecular formula is C11H14N4O. The zero-order valence-electron chi connectivity index (χ0n) is 9.42. The van der Waals surface area contributed by atoms with E-state index in [0.29, 0.717) is 11.4 Å². The average molecular weight is 218 g/mol. The van der Waals surface area contributed by atoms with Crippen molar-refractivity contribution in [2.24, 2.45) is 7.05 Å². The molecule has 2 rings (SSSR count). The van der Waals surface area contributed by atoms with E-state index in [0.717, 1.165) is 13.0 Å². The van der Waals surface area contributed by atoms with Crippen LogP contribution in [0, 0.1) is 0 Å². The number of carbonyl (C=O) groups is 1. The third-order valence-corrected chi connectivity index (χ3v) is 2.44. The van der Waals surface area contributed by atoms with E-state index >= 15 is 0 Å². The van der Waals surface area contributed by atoms with Gasteiger partial charge in [-0.1, -0.05) is 6.92 Å². The topological polar surface area (TPSA) is 52.7 Å². The van der Waals surface area contributed by atoms with E-state index in [-0.39, 0.29) is 5.78 Å². The second-order valence-electron chi connectivity index (χ2n) is 3.61. The molecule has 0 spiro atoms. The first-order valence-electron chi connectivity index (χ1n) is 5.28. The number of hydrogen-bond donors (Lipinski definition) is 0. The van der Waals surface area contributed by atoms with Crippen LogP contribution in [-0.4, -0.2) is 25.3 Å². The molecule has 0 aromatic carbocycles. The quantitative estimate of drug-likeness (QED) is 0.726. The number of aryl methyl sites for hydroxylation is 2. The average Bonchev–Trinajstić information content (AvgIpc) is 2.87. The van der Waals surface area contributed by atoms with Crippen molar-refractivity contribution in [3.63, 3.8) is 0 Å². The Labute approximate surface area is 93.7 Å². The summed E-state index contributed by atoms with van der Waals surface area (Å²) < 4.78 is 3.31. The van der Waals surface area contributed by atoms with Crippen LogP contribution in [0.4, 0.5) is 0 Å². The third-order valence-electron chi connectivity index (χ3n) is 2.44. The molecule has 0 amide bonds. The van der Waals surface area contributed by atoms with Crippen molar-refractivity contribution in [2.45, 2.75) is 19.9 Å². The fraction of sp³-hybridized carbons (Fsp3) is 0.364. The van der Waals surface area contributed by atoms with Crippen LogP contribution < -0.4 is 0 Å². The molecule has 0 aliphatic heterocycles. The van der Waals surface area contributed by atoms with Gasteiger partial charge in [0.2, 0.25) is 5.78 Å². The maximum absolute atomic E-state index is 12.2. The van der Waals surface area contributed by atoms with E-state index in [1.165, 1.54) is 0 Å². The predicted molar refractivity (Wildman–Crippen MR) is 59.2 cm³/mol. The summed E-state index contributed by atoms with van der Waals surface area (Å²) in [4.78, 5) is 12.2. The largest absolute Gasteiger partial charge is 0.285 e. The van der Waals surface area contributed by atoms with Crippen LogP contribution >= 0.6 is 0 Å². The van der Waals surface area contributed by atoms with E-state index in [1.807, 2.05) is 0 Å². The van der Waals surface area contributed by atoms with Crippen molar-refractivity contribution >= 4 is 5.78 Å². The van der Waals surface area contributed by atoms with Crippen LogP contribution in [-0.2, 0) is 13.6 Å². The van der Waals surface area contributed by atoms with Gasteiger partial charge >= 0.3 is 0 Å². The normalized spacial score (nSPS) is 10.6. The lowest BCUT2D eigenvalue weighted by Crippen LogP contribution is -2.14. The Hall–Kier alpha value is -1.91. The van der Waals surface area contributed by atoms with E-state index in [2.05, 4.69) is 17.1 Å². The molecule has 5 heteroatoms. The molecule has 16 heavy (non-hydrogen) atoms. The van der Waals surface area contributed by atoms with Gasteiger partial charge in [-0.25, -0.2) is 0 Å². The minimum Gasteiger partial charge on any atom is -0.285 e. The summed E-state index contributed by atoms with van der Waals surface area (Å²) in [6.45, 7) is 2.81. The van der Waals surface area contributed by atoms with Crippen LogP contribution in [0.5, 0.6) is 0 Å². The molecule has 0 saturated heterocycles. The van der Waals surface area contributed by atoms with Crippen molar-refractivity contribution in [2.75, 3.05) is 0 Å². The van der Waals surface area contributed by atoms with Gasteiger partial charge < -0.3 is 0 Å². The molecule has 2 aromatic heterocycles. The first-order valence-corrected chi connectivity index (χ1v) is 5.28. The molecular weight excluding hydrogens is 204 g/mol. The van der Waals surface area contributed by atoms with Crippen LogP contribution in [0.1, 0.15) is 29.5 Å². The van der Waals surface area contributed by atoms with Crippen molar-refractivity contribution in [1.82, 2.24) is 19.6 Å². The third kappa shape index (κ3) is 1.76. The van der Waals surface area contributed by atoms with Gasteiger partial charge in [-0.05, 0) is 18.6 Å². The molecule has 0 radical (unpaired) electrons. The maximum Gasteiger partial charge on any atom is 0.228 e. The first-order chi connectivity index (χ1) is 7.74. The predicted octanol–water partition coefficient (Wildman–Crippen LogP) is 1.26. The number of nitrogens with zero attached hydrogens (tertiary/aromatic N) is 4. The summed E-state index contributed by atoms with van der Waals surface area (Å²) >= 11 is 0. The maximum atomic E-state index is 12.2. The van der Waals surface area contributed by atoms with Crippen molar-refractivity contribution in [3.8, 4) is 0 Å². The number of aromatic nitrogens is 4. The van der Waals surface area contributed by atoms with E-state index in [9.17, 15) is 4.79 Å². The molecule has 0 aliphatic carbocycles. The minimum absolute atomic E-state index is 0.0362. The molecule has 0 fully saturated rings. The Morgan fingerprint density at radius 3 is 2.56 bits per heavy atom. The first kappa shape index (κ1) is 10.6. The molecule has 0 aliphatic rings. The number of ketones is 1. The molecule has 0 unspecified atom stereocenters. The summed E-state index contributed by atoms with van der Waals surface area (Å²) in [7, 11) is 1.76. The Morgan fingerprint density at radius 1 is 1.25 bits per heavy atom. The number of carbonyl (C=O) groups excluding carboxylic acids is 1. The summed E-state index contributed by atoms with van der Waals surface area (Å²) in [5.41, 5.74) is 1.20. The standard InChI is InChI=1S/C11H14N4O/c1-3-8-15-10(5-7-13-15)11(16)9-4-6-12-14(9)2/h4-7H,3,8H2,1-2H3. The molecule has 2 aromatic rings. The molecule has 0 bridgehead atoms. The Kier molecular flexibility index (Phi) is 2.85. The summed E-state index contributed by atoms with van der Waals surface area (Å²) in [6.07, 6.45) is 4.22. The molecule has 0 atom stereocenters. The van der Waals surface area contributed by atoms with Gasteiger partial charge in [-0.3, -0.25) is 14.2 Å². The fourth-order valence-electron chi connectivity index (χ4n) is 1.64. The molecule has 0 N–H and O–H groups in total. The van der Waals surface area contributed by atoms with Gasteiger partial charge in [0, 0.05) is 26.0 Å². The fourth-order valence-corrected chi connectivity index (χ4v) is 1.64. The van der Waals surface area contributed by atoms with Crippen molar-refractivity contribution in [1.29, 1.82) is 0 Å². The zero-order valence-corrected chi connectivity index (χ0v) is 9.42. The number of rotatable bonds is 4. The van der Waals surface area contributed by atoms with Gasteiger partial charge in [0.05, 0.1) is 0 Å².